The molecule has 0 radical (unpaired) electrons. The number of rotatable bonds is 6. The summed E-state index contributed by atoms with van der Waals surface area (Å²) in [6, 6.07) is 11.3. The number of hydrogen-bond donors (Lipinski definition) is 2. The second kappa shape index (κ2) is 7.46. The number of nitrogen functional groups attached to an aromatic ring is 1. The van der Waals surface area contributed by atoms with Gasteiger partial charge in [-0.25, -0.2) is 4.98 Å². The summed E-state index contributed by atoms with van der Waals surface area (Å²) in [7, 11) is 1.60. The van der Waals surface area contributed by atoms with Gasteiger partial charge in [0.15, 0.2) is 5.13 Å². The molecule has 0 saturated carbocycles. The Balaban J connectivity index is 1.64. The highest BCUT2D eigenvalue weighted by Gasteiger charge is 2.14. The van der Waals surface area contributed by atoms with Crippen LogP contribution in [0.15, 0.2) is 41.8 Å². The van der Waals surface area contributed by atoms with Gasteiger partial charge in [0.25, 0.3) is 0 Å². The predicted octanol–water partition coefficient (Wildman–Crippen LogP) is 4.03. The highest BCUT2D eigenvalue weighted by atomic mass is 32.1. The molecule has 124 valence electrons. The van der Waals surface area contributed by atoms with Gasteiger partial charge >= 0.3 is 0 Å². The molecule has 0 saturated heterocycles. The summed E-state index contributed by atoms with van der Waals surface area (Å²) in [4.78, 5) is 18.7. The molecule has 5 nitrogen and oxygen atoms in total. The Morgan fingerprint density at radius 1 is 1.33 bits per heavy atom. The first-order valence-corrected chi connectivity index (χ1v) is 9.08. The van der Waals surface area contributed by atoms with Crippen LogP contribution in [-0.4, -0.2) is 18.0 Å². The highest BCUT2D eigenvalue weighted by Crippen LogP contribution is 2.33. The molecule has 1 amide bonds. The highest BCUT2D eigenvalue weighted by molar-refractivity contribution is 7.17. The van der Waals surface area contributed by atoms with Crippen molar-refractivity contribution in [2.75, 3.05) is 18.2 Å². The van der Waals surface area contributed by atoms with Gasteiger partial charge < -0.3 is 15.8 Å². The number of nitrogens with one attached hydrogen (secondary N) is 1. The summed E-state index contributed by atoms with van der Waals surface area (Å²) in [5, 5.41) is 5.42. The molecule has 0 aliphatic rings. The smallest absolute Gasteiger partial charge is 0.224 e. The zero-order valence-electron chi connectivity index (χ0n) is 13.1. The number of aryl methyl sites for hydroxylation is 1. The van der Waals surface area contributed by atoms with Crippen LogP contribution in [-0.2, 0) is 11.2 Å². The number of anilines is 2. The minimum Gasteiger partial charge on any atom is -0.497 e. The summed E-state index contributed by atoms with van der Waals surface area (Å²) in [6.45, 7) is 0. The van der Waals surface area contributed by atoms with Gasteiger partial charge in [-0.15, -0.1) is 22.7 Å². The third kappa shape index (κ3) is 3.93. The molecule has 0 fully saturated rings. The van der Waals surface area contributed by atoms with Crippen LogP contribution in [0, 0.1) is 0 Å². The molecule has 0 aliphatic carbocycles. The van der Waals surface area contributed by atoms with Gasteiger partial charge in [-0.05, 0) is 30.0 Å². The monoisotopic (exact) mass is 359 g/mol. The average molecular weight is 359 g/mol. The lowest BCUT2D eigenvalue weighted by atomic mass is 10.2. The molecule has 0 bridgehead atoms. The van der Waals surface area contributed by atoms with E-state index in [9.17, 15) is 4.79 Å². The maximum absolute atomic E-state index is 12.2. The van der Waals surface area contributed by atoms with Crippen LogP contribution in [0.2, 0.25) is 0 Å². The van der Waals surface area contributed by atoms with E-state index in [1.165, 1.54) is 11.3 Å². The Morgan fingerprint density at radius 3 is 2.96 bits per heavy atom. The summed E-state index contributed by atoms with van der Waals surface area (Å²) < 4.78 is 5.15. The first kappa shape index (κ1) is 16.5. The Morgan fingerprint density at radius 2 is 2.21 bits per heavy atom. The first-order chi connectivity index (χ1) is 11.7. The quantitative estimate of drug-likeness (QED) is 0.696. The lowest BCUT2D eigenvalue weighted by Gasteiger charge is -2.07. The molecular formula is C17H17N3O2S2. The van der Waals surface area contributed by atoms with Crippen molar-refractivity contribution in [2.24, 2.45) is 0 Å². The molecule has 0 unspecified atom stereocenters. The number of methoxy groups -OCH3 is 1. The number of benzene rings is 1. The van der Waals surface area contributed by atoms with E-state index in [2.05, 4.69) is 10.3 Å². The summed E-state index contributed by atoms with van der Waals surface area (Å²) in [6.07, 6.45) is 0.981. The van der Waals surface area contributed by atoms with E-state index in [1.54, 1.807) is 24.5 Å². The van der Waals surface area contributed by atoms with E-state index in [-0.39, 0.29) is 5.91 Å². The van der Waals surface area contributed by atoms with E-state index in [0.29, 0.717) is 23.7 Å². The molecule has 3 rings (SSSR count). The molecule has 1 aromatic carbocycles. The lowest BCUT2D eigenvalue weighted by Crippen LogP contribution is -2.12. The maximum Gasteiger partial charge on any atom is 0.224 e. The summed E-state index contributed by atoms with van der Waals surface area (Å²) in [5.41, 5.74) is 7.46. The minimum atomic E-state index is -0.0487. The molecule has 7 heteroatoms. The van der Waals surface area contributed by atoms with Crippen LogP contribution in [0.3, 0.4) is 0 Å². The third-order valence-electron chi connectivity index (χ3n) is 3.40. The van der Waals surface area contributed by atoms with Gasteiger partial charge in [0.1, 0.15) is 5.75 Å². The van der Waals surface area contributed by atoms with Gasteiger partial charge in [-0.3, -0.25) is 4.79 Å². The molecule has 2 aromatic heterocycles. The second-order valence-corrected chi connectivity index (χ2v) is 7.14. The SMILES string of the molecule is COc1cccc(NC(=O)CCc2sc(N)nc2-c2cccs2)c1. The van der Waals surface area contributed by atoms with Crippen LogP contribution in [0.5, 0.6) is 5.75 Å². The summed E-state index contributed by atoms with van der Waals surface area (Å²) in [5.74, 6) is 0.662. The van der Waals surface area contributed by atoms with Gasteiger partial charge in [-0.2, -0.15) is 0 Å². The zero-order valence-corrected chi connectivity index (χ0v) is 14.7. The second-order valence-electron chi connectivity index (χ2n) is 5.08. The molecule has 0 atom stereocenters. The summed E-state index contributed by atoms with van der Waals surface area (Å²) >= 11 is 3.06. The Kier molecular flexibility index (Phi) is 5.12. The number of nitrogens with two attached hydrogens (primary N) is 1. The van der Waals surface area contributed by atoms with Crippen LogP contribution in [0.25, 0.3) is 10.6 Å². The normalized spacial score (nSPS) is 10.5. The van der Waals surface area contributed by atoms with Crippen LogP contribution in [0.4, 0.5) is 10.8 Å². The molecule has 0 aliphatic heterocycles. The van der Waals surface area contributed by atoms with E-state index >= 15 is 0 Å². The van der Waals surface area contributed by atoms with Gasteiger partial charge in [0, 0.05) is 23.1 Å². The van der Waals surface area contributed by atoms with E-state index in [0.717, 1.165) is 21.1 Å². The third-order valence-corrected chi connectivity index (χ3v) is 5.22. The predicted molar refractivity (Wildman–Crippen MR) is 99.8 cm³/mol. The topological polar surface area (TPSA) is 77.2 Å². The number of ether oxygens (including phenoxy) is 1. The Hall–Kier alpha value is -2.38. The van der Waals surface area contributed by atoms with Gasteiger partial charge in [0.2, 0.25) is 5.91 Å². The van der Waals surface area contributed by atoms with E-state index < -0.39 is 0 Å². The number of nitrogens with zero attached hydrogens (tertiary/aromatic N) is 1. The maximum atomic E-state index is 12.2. The Labute approximate surface area is 148 Å². The first-order valence-electron chi connectivity index (χ1n) is 7.38. The van der Waals surface area contributed by atoms with Crippen LogP contribution in [0.1, 0.15) is 11.3 Å². The molecule has 0 spiro atoms. The fourth-order valence-electron chi connectivity index (χ4n) is 2.30. The van der Waals surface area contributed by atoms with Crippen molar-refractivity contribution in [3.05, 3.63) is 46.7 Å². The van der Waals surface area contributed by atoms with Crippen molar-refractivity contribution in [3.63, 3.8) is 0 Å². The van der Waals surface area contributed by atoms with Crippen molar-refractivity contribution in [1.29, 1.82) is 0 Å². The molecular weight excluding hydrogens is 342 g/mol. The van der Waals surface area contributed by atoms with Crippen LogP contribution < -0.4 is 15.8 Å². The molecule has 3 N–H and O–H groups in total. The van der Waals surface area contributed by atoms with Crippen molar-refractivity contribution in [3.8, 4) is 16.3 Å². The number of carbonyl (C=O) groups is 1. The van der Waals surface area contributed by atoms with Crippen molar-refractivity contribution in [1.82, 2.24) is 4.98 Å². The molecule has 24 heavy (non-hydrogen) atoms. The van der Waals surface area contributed by atoms with Crippen LogP contribution >= 0.6 is 22.7 Å². The van der Waals surface area contributed by atoms with E-state index in [1.807, 2.05) is 35.7 Å². The standard InChI is InChI=1S/C17H17N3O2S2/c1-22-12-5-2-4-11(10-12)19-15(21)8-7-14-16(20-17(18)24-14)13-6-3-9-23-13/h2-6,9-10H,7-8H2,1H3,(H2,18,20)(H,19,21). The van der Waals surface area contributed by atoms with Crippen molar-refractivity contribution >= 4 is 39.4 Å². The lowest BCUT2D eigenvalue weighted by molar-refractivity contribution is -0.116. The minimum absolute atomic E-state index is 0.0487. The van der Waals surface area contributed by atoms with Crippen molar-refractivity contribution < 1.29 is 9.53 Å². The average Bonchev–Trinajstić information content (AvgIpc) is 3.22. The number of thiophene rings is 1. The molecule has 3 aromatic rings. The largest absolute Gasteiger partial charge is 0.497 e. The fraction of sp³-hybridized carbons (Fsp3) is 0.176. The number of carbonyl (C=O) groups excluding carboxylic acids is 1. The van der Waals surface area contributed by atoms with E-state index in [4.69, 9.17) is 10.5 Å². The number of amides is 1. The zero-order chi connectivity index (χ0) is 16.9. The number of thiazole rings is 1. The van der Waals surface area contributed by atoms with Gasteiger partial charge in [0.05, 0.1) is 17.7 Å². The molecule has 2 heterocycles. The Bertz CT molecular complexity index is 828. The number of hydrogen-bond acceptors (Lipinski definition) is 6. The van der Waals surface area contributed by atoms with Gasteiger partial charge in [-0.1, -0.05) is 12.1 Å². The fourth-order valence-corrected chi connectivity index (χ4v) is 3.95. The van der Waals surface area contributed by atoms with Crippen molar-refractivity contribution in [2.45, 2.75) is 12.8 Å². The number of aromatic nitrogens is 1.